The van der Waals surface area contributed by atoms with Gasteiger partial charge < -0.3 is 10.7 Å². The van der Waals surface area contributed by atoms with Crippen LogP contribution in [-0.2, 0) is 0 Å². The Morgan fingerprint density at radius 3 is 3.07 bits per heavy atom. The van der Waals surface area contributed by atoms with Gasteiger partial charge in [-0.15, -0.1) is 0 Å². The minimum absolute atomic E-state index is 0.461. The predicted octanol–water partition coefficient (Wildman–Crippen LogP) is 2.02. The first-order valence-corrected chi connectivity index (χ1v) is 4.98. The van der Waals surface area contributed by atoms with E-state index in [4.69, 9.17) is 5.73 Å². The van der Waals surface area contributed by atoms with E-state index in [0.29, 0.717) is 12.5 Å². The summed E-state index contributed by atoms with van der Waals surface area (Å²) in [6.45, 7) is 2.87. The van der Waals surface area contributed by atoms with E-state index in [1.165, 1.54) is 5.56 Å². The van der Waals surface area contributed by atoms with Gasteiger partial charge in [0.2, 0.25) is 0 Å². The molecule has 0 saturated carbocycles. The third-order valence-corrected chi connectivity index (χ3v) is 2.69. The summed E-state index contributed by atoms with van der Waals surface area (Å²) in [5.41, 5.74) is 9.11. The van der Waals surface area contributed by atoms with Gasteiger partial charge in [0.15, 0.2) is 0 Å². The number of benzene rings is 1. The van der Waals surface area contributed by atoms with Crippen LogP contribution in [0.25, 0.3) is 11.0 Å². The van der Waals surface area contributed by atoms with Crippen molar-refractivity contribution in [1.82, 2.24) is 9.97 Å². The zero-order valence-corrected chi connectivity index (χ0v) is 8.33. The Balaban J connectivity index is 2.42. The fraction of sp³-hybridized carbons (Fsp3) is 0.364. The average molecular weight is 189 g/mol. The number of imidazole rings is 1. The number of fused-ring (bicyclic) bond motifs is 1. The number of nitrogens with zero attached hydrogens (tertiary/aromatic N) is 1. The highest BCUT2D eigenvalue weighted by Crippen LogP contribution is 2.21. The molecule has 0 aliphatic rings. The maximum absolute atomic E-state index is 5.71. The van der Waals surface area contributed by atoms with Crippen molar-refractivity contribution in [2.45, 2.75) is 19.3 Å². The van der Waals surface area contributed by atoms with E-state index in [2.05, 4.69) is 29.0 Å². The molecule has 3 N–H and O–H groups in total. The quantitative estimate of drug-likeness (QED) is 0.776. The van der Waals surface area contributed by atoms with E-state index in [1.807, 2.05) is 6.07 Å². The van der Waals surface area contributed by atoms with Crippen LogP contribution in [0.5, 0.6) is 0 Å². The lowest BCUT2D eigenvalue weighted by molar-refractivity contribution is 0.675. The third-order valence-electron chi connectivity index (χ3n) is 2.69. The van der Waals surface area contributed by atoms with Crippen molar-refractivity contribution < 1.29 is 0 Å². The Morgan fingerprint density at radius 2 is 2.36 bits per heavy atom. The molecule has 3 nitrogen and oxygen atoms in total. The summed E-state index contributed by atoms with van der Waals surface area (Å²) in [7, 11) is 0. The van der Waals surface area contributed by atoms with Crippen LogP contribution in [0.1, 0.15) is 24.8 Å². The van der Waals surface area contributed by atoms with Crippen LogP contribution in [0.2, 0.25) is 0 Å². The molecule has 0 aliphatic carbocycles. The zero-order chi connectivity index (χ0) is 9.97. The minimum Gasteiger partial charge on any atom is -0.345 e. The number of rotatable bonds is 3. The summed E-state index contributed by atoms with van der Waals surface area (Å²) in [6, 6.07) is 6.30. The molecule has 14 heavy (non-hydrogen) atoms. The highest BCUT2D eigenvalue weighted by molar-refractivity contribution is 5.75. The third kappa shape index (κ3) is 1.51. The largest absolute Gasteiger partial charge is 0.345 e. The molecule has 3 heteroatoms. The SMILES string of the molecule is CCC(CN)c1ccc2nc[nH]c2c1. The maximum Gasteiger partial charge on any atom is 0.0931 e. The van der Waals surface area contributed by atoms with Crippen LogP contribution in [0.3, 0.4) is 0 Å². The summed E-state index contributed by atoms with van der Waals surface area (Å²) in [5, 5.41) is 0. The van der Waals surface area contributed by atoms with Crippen molar-refractivity contribution in [3.8, 4) is 0 Å². The van der Waals surface area contributed by atoms with Crippen molar-refractivity contribution in [3.63, 3.8) is 0 Å². The van der Waals surface area contributed by atoms with Gasteiger partial charge in [0.25, 0.3) is 0 Å². The Labute approximate surface area is 83.3 Å². The lowest BCUT2D eigenvalue weighted by Crippen LogP contribution is -2.11. The summed E-state index contributed by atoms with van der Waals surface area (Å²) < 4.78 is 0. The van der Waals surface area contributed by atoms with Crippen molar-refractivity contribution in [2.75, 3.05) is 6.54 Å². The maximum atomic E-state index is 5.71. The highest BCUT2D eigenvalue weighted by atomic mass is 14.9. The average Bonchev–Trinajstić information content (AvgIpc) is 2.66. The van der Waals surface area contributed by atoms with E-state index in [9.17, 15) is 0 Å². The highest BCUT2D eigenvalue weighted by Gasteiger charge is 2.07. The van der Waals surface area contributed by atoms with Gasteiger partial charge in [-0.05, 0) is 36.6 Å². The molecule has 0 aliphatic heterocycles. The Morgan fingerprint density at radius 1 is 1.50 bits per heavy atom. The first-order chi connectivity index (χ1) is 6.85. The summed E-state index contributed by atoms with van der Waals surface area (Å²) in [6.07, 6.45) is 2.80. The normalized spacial score (nSPS) is 13.3. The van der Waals surface area contributed by atoms with Crippen LogP contribution in [-0.4, -0.2) is 16.5 Å². The summed E-state index contributed by atoms with van der Waals surface area (Å²) in [4.78, 5) is 7.30. The van der Waals surface area contributed by atoms with Gasteiger partial charge in [-0.25, -0.2) is 4.98 Å². The van der Waals surface area contributed by atoms with Crippen molar-refractivity contribution in [3.05, 3.63) is 30.1 Å². The fourth-order valence-corrected chi connectivity index (χ4v) is 1.75. The van der Waals surface area contributed by atoms with Crippen LogP contribution in [0.4, 0.5) is 0 Å². The molecular weight excluding hydrogens is 174 g/mol. The molecule has 0 amide bonds. The topological polar surface area (TPSA) is 54.7 Å². The lowest BCUT2D eigenvalue weighted by Gasteiger charge is -2.11. The molecule has 1 unspecified atom stereocenters. The monoisotopic (exact) mass is 189 g/mol. The van der Waals surface area contributed by atoms with Crippen LogP contribution < -0.4 is 5.73 Å². The molecule has 1 aromatic heterocycles. The molecule has 0 fully saturated rings. The number of nitrogens with one attached hydrogen (secondary N) is 1. The fourth-order valence-electron chi connectivity index (χ4n) is 1.75. The minimum atomic E-state index is 0.461. The Kier molecular flexibility index (Phi) is 2.50. The van der Waals surface area contributed by atoms with Crippen molar-refractivity contribution in [1.29, 1.82) is 0 Å². The molecule has 74 valence electrons. The van der Waals surface area contributed by atoms with Gasteiger partial charge in [-0.2, -0.15) is 0 Å². The van der Waals surface area contributed by atoms with E-state index < -0.39 is 0 Å². The molecule has 2 aromatic rings. The number of hydrogen-bond donors (Lipinski definition) is 2. The van der Waals surface area contributed by atoms with Crippen molar-refractivity contribution in [2.24, 2.45) is 5.73 Å². The molecule has 1 heterocycles. The van der Waals surface area contributed by atoms with E-state index >= 15 is 0 Å². The molecule has 0 spiro atoms. The van der Waals surface area contributed by atoms with Crippen LogP contribution >= 0.6 is 0 Å². The van der Waals surface area contributed by atoms with Crippen molar-refractivity contribution >= 4 is 11.0 Å². The van der Waals surface area contributed by atoms with Gasteiger partial charge in [0.1, 0.15) is 0 Å². The van der Waals surface area contributed by atoms with Gasteiger partial charge in [0, 0.05) is 0 Å². The first kappa shape index (κ1) is 9.21. The number of aromatic amines is 1. The standard InChI is InChI=1S/C11H15N3/c1-2-8(6-12)9-3-4-10-11(5-9)14-7-13-10/h3-5,7-8H,2,6,12H2,1H3,(H,13,14). The smallest absolute Gasteiger partial charge is 0.0931 e. The lowest BCUT2D eigenvalue weighted by atomic mass is 9.96. The molecule has 1 aromatic carbocycles. The molecule has 1 atom stereocenters. The second-order valence-electron chi connectivity index (χ2n) is 3.52. The van der Waals surface area contributed by atoms with Crippen LogP contribution in [0.15, 0.2) is 24.5 Å². The molecular formula is C11H15N3. The zero-order valence-electron chi connectivity index (χ0n) is 8.33. The molecule has 0 bridgehead atoms. The van der Waals surface area contributed by atoms with Gasteiger partial charge in [0.05, 0.1) is 17.4 Å². The molecule has 2 rings (SSSR count). The summed E-state index contributed by atoms with van der Waals surface area (Å²) in [5.74, 6) is 0.461. The molecule has 0 saturated heterocycles. The Bertz CT molecular complexity index is 415. The van der Waals surface area contributed by atoms with Gasteiger partial charge in [-0.3, -0.25) is 0 Å². The number of aromatic nitrogens is 2. The second kappa shape index (κ2) is 3.80. The molecule has 0 radical (unpaired) electrons. The van der Waals surface area contributed by atoms with E-state index in [1.54, 1.807) is 6.33 Å². The number of H-pyrrole nitrogens is 1. The van der Waals surface area contributed by atoms with Gasteiger partial charge in [-0.1, -0.05) is 13.0 Å². The number of hydrogen-bond acceptors (Lipinski definition) is 2. The van der Waals surface area contributed by atoms with Crippen LogP contribution in [0, 0.1) is 0 Å². The first-order valence-electron chi connectivity index (χ1n) is 4.98. The van der Waals surface area contributed by atoms with E-state index in [0.717, 1.165) is 17.5 Å². The van der Waals surface area contributed by atoms with Gasteiger partial charge >= 0.3 is 0 Å². The number of nitrogens with two attached hydrogens (primary N) is 1. The predicted molar refractivity (Wildman–Crippen MR) is 58.2 cm³/mol. The summed E-state index contributed by atoms with van der Waals surface area (Å²) >= 11 is 0. The second-order valence-corrected chi connectivity index (χ2v) is 3.52. The van der Waals surface area contributed by atoms with E-state index in [-0.39, 0.29) is 0 Å². The Hall–Kier alpha value is -1.35.